The average molecular weight is 1040 g/mol. The molecule has 1 saturated heterocycles. The maximum atomic E-state index is 13.2. The molecule has 0 saturated carbocycles. The van der Waals surface area contributed by atoms with Gasteiger partial charge in [0.05, 0.1) is 25.4 Å². The molecule has 1 rings (SSSR count). The maximum absolute atomic E-state index is 13.2. The summed E-state index contributed by atoms with van der Waals surface area (Å²) in [5.74, 6) is -0.703. The molecule has 432 valence electrons. The summed E-state index contributed by atoms with van der Waals surface area (Å²) in [7, 11) is 0. The zero-order valence-corrected chi connectivity index (χ0v) is 47.4. The first-order valence-electron chi connectivity index (χ1n) is 31.2. The summed E-state index contributed by atoms with van der Waals surface area (Å²) >= 11 is 0. The van der Waals surface area contributed by atoms with Crippen LogP contribution in [0.1, 0.15) is 296 Å². The third-order valence-electron chi connectivity index (χ3n) is 15.2. The van der Waals surface area contributed by atoms with Gasteiger partial charge in [-0.05, 0) is 64.2 Å². The van der Waals surface area contributed by atoms with Crippen LogP contribution < -0.4 is 5.32 Å². The molecule has 73 heavy (non-hydrogen) atoms. The van der Waals surface area contributed by atoms with Gasteiger partial charge in [-0.15, -0.1) is 0 Å². The van der Waals surface area contributed by atoms with Crippen molar-refractivity contribution in [3.05, 3.63) is 24.3 Å². The lowest BCUT2D eigenvalue weighted by atomic mass is 9.98. The fourth-order valence-electron chi connectivity index (χ4n) is 10.1. The number of hydrogen-bond donors (Lipinski definition) is 8. The number of aliphatic hydroxyl groups excluding tert-OH is 7. The Morgan fingerprint density at radius 3 is 1.18 bits per heavy atom. The maximum Gasteiger partial charge on any atom is 0.249 e. The van der Waals surface area contributed by atoms with Crippen LogP contribution in [0, 0.1) is 0 Å². The highest BCUT2D eigenvalue weighted by Gasteiger charge is 2.44. The van der Waals surface area contributed by atoms with Gasteiger partial charge in [-0.1, -0.05) is 256 Å². The molecule has 0 aliphatic carbocycles. The number of nitrogens with one attached hydrogen (secondary N) is 1. The first kappa shape index (κ1) is 69.6. The number of amides is 1. The number of hydrogen-bond acceptors (Lipinski definition) is 10. The topological polar surface area (TPSA) is 189 Å². The van der Waals surface area contributed by atoms with Crippen LogP contribution in [-0.4, -0.2) is 110 Å². The van der Waals surface area contributed by atoms with Crippen LogP contribution in [0.2, 0.25) is 0 Å². The molecule has 0 bridgehead atoms. The van der Waals surface area contributed by atoms with Crippen molar-refractivity contribution < 1.29 is 50.0 Å². The normalized spacial score (nSPS) is 20.0. The zero-order valence-electron chi connectivity index (χ0n) is 47.4. The van der Waals surface area contributed by atoms with Crippen LogP contribution in [0.5, 0.6) is 0 Å². The number of rotatable bonds is 54. The van der Waals surface area contributed by atoms with Gasteiger partial charge in [-0.2, -0.15) is 0 Å². The van der Waals surface area contributed by atoms with Crippen LogP contribution in [0.3, 0.4) is 0 Å². The van der Waals surface area contributed by atoms with E-state index < -0.39 is 74.2 Å². The van der Waals surface area contributed by atoms with E-state index in [1.807, 2.05) is 0 Å². The van der Waals surface area contributed by atoms with Gasteiger partial charge in [-0.3, -0.25) is 4.79 Å². The molecule has 0 aromatic carbocycles. The quantitative estimate of drug-likeness (QED) is 0.0215. The number of aliphatic hydroxyl groups is 7. The molecule has 1 amide bonds. The Kier molecular flexibility index (Phi) is 49.0. The van der Waals surface area contributed by atoms with Gasteiger partial charge in [0, 0.05) is 0 Å². The van der Waals surface area contributed by atoms with E-state index in [1.54, 1.807) is 0 Å². The van der Waals surface area contributed by atoms with Gasteiger partial charge in [0.15, 0.2) is 6.29 Å². The van der Waals surface area contributed by atoms with E-state index in [1.165, 1.54) is 218 Å². The highest BCUT2D eigenvalue weighted by molar-refractivity contribution is 5.80. The third kappa shape index (κ3) is 39.6. The summed E-state index contributed by atoms with van der Waals surface area (Å²) in [5.41, 5.74) is 0. The van der Waals surface area contributed by atoms with Gasteiger partial charge in [0.25, 0.3) is 0 Å². The van der Waals surface area contributed by atoms with Crippen molar-refractivity contribution in [3.8, 4) is 0 Å². The fourth-order valence-corrected chi connectivity index (χ4v) is 10.1. The Bertz CT molecular complexity index is 1240. The first-order chi connectivity index (χ1) is 35.7. The number of carbonyl (C=O) groups is 1. The van der Waals surface area contributed by atoms with Crippen LogP contribution >= 0.6 is 0 Å². The molecule has 9 atom stereocenters. The van der Waals surface area contributed by atoms with Gasteiger partial charge < -0.3 is 50.5 Å². The Morgan fingerprint density at radius 1 is 0.466 bits per heavy atom. The summed E-state index contributed by atoms with van der Waals surface area (Å²) in [6.45, 7) is 3.45. The highest BCUT2D eigenvalue weighted by atomic mass is 16.7. The molecular weight excluding hydrogens is 919 g/mol. The molecule has 9 unspecified atom stereocenters. The van der Waals surface area contributed by atoms with Gasteiger partial charge in [0.1, 0.15) is 36.6 Å². The second-order valence-corrected chi connectivity index (χ2v) is 22.1. The summed E-state index contributed by atoms with van der Waals surface area (Å²) in [6.07, 6.45) is 51.3. The predicted molar refractivity (Wildman–Crippen MR) is 302 cm³/mol. The van der Waals surface area contributed by atoms with E-state index in [4.69, 9.17) is 9.47 Å². The SMILES string of the molecule is CCCCCCCCC/C=C/CCCC(O)C(O)C(COC1OC(CO)C(O)C(O)C1O)NC(=O)C(O)CCCCCCCCCCCCCCCCCC/C=C\CCCCCCCCCCCCCCCC. The lowest BCUT2D eigenvalue weighted by Crippen LogP contribution is -2.60. The second-order valence-electron chi connectivity index (χ2n) is 22.1. The van der Waals surface area contributed by atoms with E-state index in [9.17, 15) is 40.5 Å². The molecule has 0 aromatic heterocycles. The van der Waals surface area contributed by atoms with Crippen molar-refractivity contribution in [1.29, 1.82) is 0 Å². The van der Waals surface area contributed by atoms with Gasteiger partial charge in [0.2, 0.25) is 5.91 Å². The number of allylic oxidation sites excluding steroid dienone is 4. The number of carbonyl (C=O) groups excluding carboxylic acids is 1. The predicted octanol–water partition coefficient (Wildman–Crippen LogP) is 13.7. The van der Waals surface area contributed by atoms with Crippen molar-refractivity contribution in [1.82, 2.24) is 5.32 Å². The zero-order chi connectivity index (χ0) is 53.3. The monoisotopic (exact) mass is 1040 g/mol. The van der Waals surface area contributed by atoms with Crippen LogP contribution in [0.25, 0.3) is 0 Å². The summed E-state index contributed by atoms with van der Waals surface area (Å²) in [6, 6.07) is -1.18. The smallest absolute Gasteiger partial charge is 0.249 e. The van der Waals surface area contributed by atoms with Gasteiger partial charge in [-0.25, -0.2) is 0 Å². The summed E-state index contributed by atoms with van der Waals surface area (Å²) in [5, 5.41) is 76.0. The Morgan fingerprint density at radius 2 is 0.808 bits per heavy atom. The molecule has 0 spiro atoms. The Balaban J connectivity index is 2.15. The highest BCUT2D eigenvalue weighted by Crippen LogP contribution is 2.23. The molecule has 8 N–H and O–H groups in total. The van der Waals surface area contributed by atoms with E-state index in [0.717, 1.165) is 38.5 Å². The third-order valence-corrected chi connectivity index (χ3v) is 15.2. The molecule has 0 radical (unpaired) electrons. The molecule has 0 aromatic rings. The van der Waals surface area contributed by atoms with Crippen LogP contribution in [-0.2, 0) is 14.3 Å². The summed E-state index contributed by atoms with van der Waals surface area (Å²) < 4.78 is 11.1. The van der Waals surface area contributed by atoms with Gasteiger partial charge >= 0.3 is 0 Å². The van der Waals surface area contributed by atoms with Crippen molar-refractivity contribution >= 4 is 5.91 Å². The first-order valence-corrected chi connectivity index (χ1v) is 31.2. The minimum absolute atomic E-state index is 0.257. The standard InChI is InChI=1S/C62H119NO10/c1-3-5-7-9-11-13-15-17-18-19-20-21-22-23-24-25-26-27-28-29-30-31-32-33-34-35-36-37-38-40-42-44-46-48-50-55(66)61(71)63-53(52-72-62-60(70)59(69)58(68)56(51-64)73-62)57(67)54(65)49-47-45-43-41-39-16-14-12-10-8-6-4-2/h25-26,41,43,53-60,62,64-70H,3-24,27-40,42,44-52H2,1-2H3,(H,63,71)/b26-25-,43-41+. The Hall–Kier alpha value is -1.41. The minimum Gasteiger partial charge on any atom is -0.394 e. The van der Waals surface area contributed by atoms with E-state index in [-0.39, 0.29) is 12.8 Å². The van der Waals surface area contributed by atoms with Crippen molar-refractivity contribution in [2.24, 2.45) is 0 Å². The molecule has 1 aliphatic rings. The van der Waals surface area contributed by atoms with Crippen LogP contribution in [0.15, 0.2) is 24.3 Å². The van der Waals surface area contributed by atoms with Crippen molar-refractivity contribution in [2.45, 2.75) is 351 Å². The molecular formula is C62H119NO10. The van der Waals surface area contributed by atoms with E-state index in [2.05, 4.69) is 43.5 Å². The second kappa shape index (κ2) is 51.4. The number of ether oxygens (including phenoxy) is 2. The molecule has 11 nitrogen and oxygen atoms in total. The molecule has 11 heteroatoms. The molecule has 1 fully saturated rings. The van der Waals surface area contributed by atoms with Crippen LogP contribution in [0.4, 0.5) is 0 Å². The largest absolute Gasteiger partial charge is 0.394 e. The fraction of sp³-hybridized carbons (Fsp3) is 0.919. The van der Waals surface area contributed by atoms with Crippen molar-refractivity contribution in [3.63, 3.8) is 0 Å². The molecule has 1 heterocycles. The van der Waals surface area contributed by atoms with E-state index >= 15 is 0 Å². The van der Waals surface area contributed by atoms with Crippen molar-refractivity contribution in [2.75, 3.05) is 13.2 Å². The number of unbranched alkanes of at least 4 members (excludes halogenated alkanes) is 38. The molecule has 1 aliphatic heterocycles. The lowest BCUT2D eigenvalue weighted by Gasteiger charge is -2.40. The lowest BCUT2D eigenvalue weighted by molar-refractivity contribution is -0.303. The summed E-state index contributed by atoms with van der Waals surface area (Å²) in [4.78, 5) is 13.2. The average Bonchev–Trinajstić information content (AvgIpc) is 3.39. The Labute approximate surface area is 448 Å². The van der Waals surface area contributed by atoms with E-state index in [0.29, 0.717) is 12.8 Å². The minimum atomic E-state index is -1.67.